The molecular formula is C13H17N3O5. The van der Waals surface area contributed by atoms with Gasteiger partial charge in [-0.25, -0.2) is 4.79 Å². The lowest BCUT2D eigenvalue weighted by molar-refractivity contribution is -0.0891. The zero-order valence-electron chi connectivity index (χ0n) is 11.6. The molecule has 0 radical (unpaired) electrons. The first-order chi connectivity index (χ1) is 9.72. The van der Waals surface area contributed by atoms with Crippen molar-refractivity contribution in [1.29, 1.82) is 0 Å². The summed E-state index contributed by atoms with van der Waals surface area (Å²) in [4.78, 5) is 15.6. The van der Waals surface area contributed by atoms with Crippen molar-refractivity contribution in [2.45, 2.75) is 44.0 Å². The first kappa shape index (κ1) is 15.5. The summed E-state index contributed by atoms with van der Waals surface area (Å²) in [7, 11) is 0. The zero-order chi connectivity index (χ0) is 15.9. The van der Waals surface area contributed by atoms with Gasteiger partial charge in [0.15, 0.2) is 11.8 Å². The molecule has 8 nitrogen and oxygen atoms in total. The van der Waals surface area contributed by atoms with Gasteiger partial charge in [-0.2, -0.15) is 4.98 Å². The smallest absolute Gasteiger partial charge is 0.351 e. The van der Waals surface area contributed by atoms with E-state index in [0.29, 0.717) is 5.69 Å². The molecule has 1 fully saturated rings. The van der Waals surface area contributed by atoms with Crippen molar-refractivity contribution >= 4 is 5.82 Å². The number of aryl methyl sites for hydroxylation is 1. The van der Waals surface area contributed by atoms with Crippen molar-refractivity contribution in [3.05, 3.63) is 22.2 Å². The second-order valence-corrected chi connectivity index (χ2v) is 5.08. The van der Waals surface area contributed by atoms with Crippen molar-refractivity contribution in [2.24, 2.45) is 0 Å². The normalized spacial score (nSPS) is 33.6. The Morgan fingerprint density at radius 2 is 2.29 bits per heavy atom. The van der Waals surface area contributed by atoms with Crippen LogP contribution in [-0.4, -0.2) is 48.8 Å². The number of aromatic nitrogens is 2. The van der Waals surface area contributed by atoms with E-state index in [1.54, 1.807) is 6.92 Å². The Morgan fingerprint density at radius 3 is 2.76 bits per heavy atom. The summed E-state index contributed by atoms with van der Waals surface area (Å²) in [6.07, 6.45) is 0.127. The van der Waals surface area contributed by atoms with Crippen LogP contribution < -0.4 is 11.4 Å². The maximum Gasteiger partial charge on any atom is 0.351 e. The van der Waals surface area contributed by atoms with E-state index in [4.69, 9.17) is 16.9 Å². The fourth-order valence-corrected chi connectivity index (χ4v) is 2.43. The standard InChI is InChI=1S/C13H17N3O5/c1-4-13(20)10(18)9(7(3)17)21-11(13)16-6(2)5-8(14)15-12(16)19/h1,5,7,9-11,17-18,20H,2-3H3,(H2,14,15,19)/t7-,9+,10?,11+,13+/m0/s1. The Balaban J connectivity index is 2.59. The fourth-order valence-electron chi connectivity index (χ4n) is 2.43. The van der Waals surface area contributed by atoms with Crippen LogP contribution in [0.15, 0.2) is 10.9 Å². The molecule has 0 saturated carbocycles. The van der Waals surface area contributed by atoms with Crippen LogP contribution >= 0.6 is 0 Å². The zero-order valence-corrected chi connectivity index (χ0v) is 11.6. The predicted molar refractivity (Wildman–Crippen MR) is 73.0 cm³/mol. The van der Waals surface area contributed by atoms with E-state index in [1.807, 2.05) is 5.92 Å². The summed E-state index contributed by atoms with van der Waals surface area (Å²) >= 11 is 0. The predicted octanol–water partition coefficient (Wildman–Crippen LogP) is -1.86. The molecule has 0 bridgehead atoms. The first-order valence-corrected chi connectivity index (χ1v) is 6.29. The van der Waals surface area contributed by atoms with E-state index in [1.165, 1.54) is 13.0 Å². The van der Waals surface area contributed by atoms with Gasteiger partial charge in [0.05, 0.1) is 6.10 Å². The van der Waals surface area contributed by atoms with Gasteiger partial charge < -0.3 is 25.8 Å². The largest absolute Gasteiger partial charge is 0.391 e. The lowest BCUT2D eigenvalue weighted by Gasteiger charge is -2.27. The number of hydrogen-bond donors (Lipinski definition) is 4. The summed E-state index contributed by atoms with van der Waals surface area (Å²) in [6, 6.07) is 1.41. The molecule has 1 aliphatic heterocycles. The summed E-state index contributed by atoms with van der Waals surface area (Å²) in [5.41, 5.74) is 2.88. The average Bonchev–Trinajstić information content (AvgIpc) is 2.63. The number of nitrogens with zero attached hydrogens (tertiary/aromatic N) is 2. The topological polar surface area (TPSA) is 131 Å². The van der Waals surface area contributed by atoms with E-state index in [9.17, 15) is 20.1 Å². The molecule has 2 heterocycles. The Kier molecular flexibility index (Phi) is 3.78. The minimum Gasteiger partial charge on any atom is -0.391 e. The van der Waals surface area contributed by atoms with E-state index < -0.39 is 35.8 Å². The van der Waals surface area contributed by atoms with Gasteiger partial charge in [-0.1, -0.05) is 5.92 Å². The third kappa shape index (κ3) is 2.30. The number of hydrogen-bond acceptors (Lipinski definition) is 7. The van der Waals surface area contributed by atoms with Crippen LogP contribution in [-0.2, 0) is 4.74 Å². The van der Waals surface area contributed by atoms with Crippen LogP contribution in [0, 0.1) is 19.3 Å². The van der Waals surface area contributed by atoms with Crippen LogP contribution in [0.5, 0.6) is 0 Å². The van der Waals surface area contributed by atoms with Gasteiger partial charge >= 0.3 is 5.69 Å². The maximum absolute atomic E-state index is 12.0. The van der Waals surface area contributed by atoms with E-state index >= 15 is 0 Å². The Hall–Kier alpha value is -1.92. The molecule has 8 heteroatoms. The highest BCUT2D eigenvalue weighted by Crippen LogP contribution is 2.39. The minimum absolute atomic E-state index is 0.0172. The highest BCUT2D eigenvalue weighted by Gasteiger charge is 2.57. The molecule has 114 valence electrons. The summed E-state index contributed by atoms with van der Waals surface area (Å²) in [5, 5.41) is 30.2. The van der Waals surface area contributed by atoms with Crippen LogP contribution in [0.3, 0.4) is 0 Å². The molecule has 21 heavy (non-hydrogen) atoms. The van der Waals surface area contributed by atoms with Crippen molar-refractivity contribution in [1.82, 2.24) is 9.55 Å². The number of nitrogen functional groups attached to an aromatic ring is 1. The Morgan fingerprint density at radius 1 is 1.67 bits per heavy atom. The quantitative estimate of drug-likeness (QED) is 0.470. The molecule has 1 aromatic heterocycles. The van der Waals surface area contributed by atoms with Crippen LogP contribution in [0.25, 0.3) is 0 Å². The van der Waals surface area contributed by atoms with E-state index in [-0.39, 0.29) is 5.82 Å². The second-order valence-electron chi connectivity index (χ2n) is 5.08. The number of aliphatic hydroxyl groups excluding tert-OH is 2. The fraction of sp³-hybridized carbons (Fsp3) is 0.538. The number of terminal acetylenes is 1. The van der Waals surface area contributed by atoms with Crippen LogP contribution in [0.2, 0.25) is 0 Å². The number of anilines is 1. The van der Waals surface area contributed by atoms with Gasteiger partial charge in [0.1, 0.15) is 18.0 Å². The molecular weight excluding hydrogens is 278 g/mol. The molecule has 0 spiro atoms. The average molecular weight is 295 g/mol. The van der Waals surface area contributed by atoms with Crippen molar-refractivity contribution in [2.75, 3.05) is 5.73 Å². The van der Waals surface area contributed by atoms with Gasteiger partial charge in [0.2, 0.25) is 0 Å². The molecule has 0 amide bonds. The molecule has 0 aliphatic carbocycles. The number of ether oxygens (including phenoxy) is 1. The summed E-state index contributed by atoms with van der Waals surface area (Å²) < 4.78 is 6.42. The highest BCUT2D eigenvalue weighted by molar-refractivity contribution is 5.29. The van der Waals surface area contributed by atoms with Crippen molar-refractivity contribution < 1.29 is 20.1 Å². The third-order valence-corrected chi connectivity index (χ3v) is 3.53. The maximum atomic E-state index is 12.0. The molecule has 1 aliphatic rings. The SMILES string of the molecule is C#C[C@@]1(O)C(O)[C@@H]([C@H](C)O)O[C@H]1n1c(C)cc(N)nc1=O. The highest BCUT2D eigenvalue weighted by atomic mass is 16.6. The van der Waals surface area contributed by atoms with E-state index in [0.717, 1.165) is 4.57 Å². The van der Waals surface area contributed by atoms with Gasteiger partial charge in [-0.05, 0) is 19.9 Å². The molecule has 1 saturated heterocycles. The van der Waals surface area contributed by atoms with Crippen molar-refractivity contribution in [3.8, 4) is 12.3 Å². The van der Waals surface area contributed by atoms with Gasteiger partial charge in [0.25, 0.3) is 0 Å². The van der Waals surface area contributed by atoms with Crippen LogP contribution in [0.1, 0.15) is 18.8 Å². The van der Waals surface area contributed by atoms with Crippen molar-refractivity contribution in [3.63, 3.8) is 0 Å². The molecule has 2 rings (SSSR count). The molecule has 1 unspecified atom stereocenters. The van der Waals surface area contributed by atoms with Gasteiger partial charge in [-0.15, -0.1) is 6.42 Å². The number of rotatable bonds is 2. The third-order valence-electron chi connectivity index (χ3n) is 3.53. The lowest BCUT2D eigenvalue weighted by atomic mass is 9.93. The Labute approximate surface area is 120 Å². The molecule has 5 atom stereocenters. The molecule has 1 aromatic rings. The first-order valence-electron chi connectivity index (χ1n) is 6.29. The van der Waals surface area contributed by atoms with Crippen LogP contribution in [0.4, 0.5) is 5.82 Å². The van der Waals surface area contributed by atoms with Gasteiger partial charge in [-0.3, -0.25) is 4.57 Å². The number of nitrogens with two attached hydrogens (primary N) is 1. The molecule has 5 N–H and O–H groups in total. The molecule has 0 aromatic carbocycles. The van der Waals surface area contributed by atoms with Gasteiger partial charge in [0, 0.05) is 5.69 Å². The monoisotopic (exact) mass is 295 g/mol. The lowest BCUT2D eigenvalue weighted by Crippen LogP contribution is -2.49. The summed E-state index contributed by atoms with van der Waals surface area (Å²) in [6.45, 7) is 2.94. The Bertz CT molecular complexity index is 650. The minimum atomic E-state index is -2.17. The number of aliphatic hydroxyl groups is 3. The second kappa shape index (κ2) is 5.13. The summed E-state index contributed by atoms with van der Waals surface area (Å²) in [5.74, 6) is 2.06. The van der Waals surface area contributed by atoms with E-state index in [2.05, 4.69) is 4.98 Å².